The summed E-state index contributed by atoms with van der Waals surface area (Å²) in [6, 6.07) is -0.831. The standard InChI is InChI=1S/C13H24N2O3/c1-9(2)14-12(16)10(3)15-8-6-4-5-7-11(15)13(17)18/h9-11H,4-8H2,1-3H3,(H,14,16)(H,17,18). The third kappa shape index (κ3) is 3.98. The lowest BCUT2D eigenvalue weighted by atomic mass is 10.1. The lowest BCUT2D eigenvalue weighted by molar-refractivity contribution is -0.145. The molecule has 1 amide bonds. The van der Waals surface area contributed by atoms with Crippen molar-refractivity contribution in [1.29, 1.82) is 0 Å². The molecule has 0 aliphatic carbocycles. The van der Waals surface area contributed by atoms with Gasteiger partial charge in [-0.3, -0.25) is 14.5 Å². The largest absolute Gasteiger partial charge is 0.480 e. The summed E-state index contributed by atoms with van der Waals surface area (Å²) >= 11 is 0. The number of carbonyl (C=O) groups is 2. The maximum Gasteiger partial charge on any atom is 0.320 e. The monoisotopic (exact) mass is 256 g/mol. The van der Waals surface area contributed by atoms with E-state index in [2.05, 4.69) is 5.32 Å². The molecule has 18 heavy (non-hydrogen) atoms. The molecule has 1 fully saturated rings. The average Bonchev–Trinajstić information content (AvgIpc) is 2.52. The molecule has 1 saturated heterocycles. The average molecular weight is 256 g/mol. The van der Waals surface area contributed by atoms with Gasteiger partial charge in [-0.25, -0.2) is 0 Å². The normalized spacial score (nSPS) is 23.4. The molecule has 0 radical (unpaired) electrons. The van der Waals surface area contributed by atoms with Gasteiger partial charge in [-0.1, -0.05) is 12.8 Å². The second kappa shape index (κ2) is 6.73. The Morgan fingerprint density at radius 2 is 1.89 bits per heavy atom. The highest BCUT2D eigenvalue weighted by molar-refractivity contribution is 5.83. The predicted octanol–water partition coefficient (Wildman–Crippen LogP) is 1.23. The Bertz CT molecular complexity index is 305. The fourth-order valence-electron chi connectivity index (χ4n) is 2.42. The Morgan fingerprint density at radius 1 is 1.22 bits per heavy atom. The number of nitrogens with zero attached hydrogens (tertiary/aromatic N) is 1. The van der Waals surface area contributed by atoms with Crippen molar-refractivity contribution in [2.24, 2.45) is 0 Å². The first-order valence-corrected chi connectivity index (χ1v) is 6.72. The van der Waals surface area contributed by atoms with Crippen LogP contribution >= 0.6 is 0 Å². The number of carboxylic acids is 1. The van der Waals surface area contributed by atoms with Crippen molar-refractivity contribution in [3.05, 3.63) is 0 Å². The molecule has 5 nitrogen and oxygen atoms in total. The fraction of sp³-hybridized carbons (Fsp3) is 0.846. The summed E-state index contributed by atoms with van der Waals surface area (Å²) in [6.45, 7) is 6.28. The summed E-state index contributed by atoms with van der Waals surface area (Å²) < 4.78 is 0. The van der Waals surface area contributed by atoms with Crippen molar-refractivity contribution in [2.75, 3.05) is 6.54 Å². The smallest absolute Gasteiger partial charge is 0.320 e. The Labute approximate surface area is 109 Å². The lowest BCUT2D eigenvalue weighted by Gasteiger charge is -2.32. The van der Waals surface area contributed by atoms with Crippen LogP contribution in [0.25, 0.3) is 0 Å². The molecule has 2 atom stereocenters. The molecule has 0 aromatic rings. The second-order valence-corrected chi connectivity index (χ2v) is 5.28. The van der Waals surface area contributed by atoms with Crippen LogP contribution in [-0.4, -0.2) is 46.6 Å². The van der Waals surface area contributed by atoms with Crippen LogP contribution in [0, 0.1) is 0 Å². The zero-order valence-corrected chi connectivity index (χ0v) is 11.5. The van der Waals surface area contributed by atoms with Crippen molar-refractivity contribution in [2.45, 2.75) is 64.6 Å². The molecule has 1 aliphatic heterocycles. The summed E-state index contributed by atoms with van der Waals surface area (Å²) in [4.78, 5) is 25.1. The molecule has 5 heteroatoms. The van der Waals surface area contributed by atoms with Gasteiger partial charge in [0.1, 0.15) is 6.04 Å². The van der Waals surface area contributed by atoms with Gasteiger partial charge in [-0.2, -0.15) is 0 Å². The van der Waals surface area contributed by atoms with Crippen molar-refractivity contribution in [3.8, 4) is 0 Å². The topological polar surface area (TPSA) is 69.6 Å². The minimum Gasteiger partial charge on any atom is -0.480 e. The van der Waals surface area contributed by atoms with Crippen molar-refractivity contribution in [1.82, 2.24) is 10.2 Å². The molecule has 0 aromatic heterocycles. The van der Waals surface area contributed by atoms with Crippen LogP contribution in [0.5, 0.6) is 0 Å². The number of carboxylic acid groups (broad SMARTS) is 1. The minimum atomic E-state index is -0.818. The van der Waals surface area contributed by atoms with E-state index in [-0.39, 0.29) is 18.0 Å². The first-order chi connectivity index (χ1) is 8.43. The van der Waals surface area contributed by atoms with E-state index in [1.54, 1.807) is 6.92 Å². The maximum absolute atomic E-state index is 12.0. The molecule has 2 N–H and O–H groups in total. The number of aliphatic carboxylic acids is 1. The molecule has 0 bridgehead atoms. The Kier molecular flexibility index (Phi) is 5.59. The summed E-state index contributed by atoms with van der Waals surface area (Å²) in [5, 5.41) is 12.1. The SMILES string of the molecule is CC(C)NC(=O)C(C)N1CCCCCC1C(=O)O. The Morgan fingerprint density at radius 3 is 2.44 bits per heavy atom. The van der Waals surface area contributed by atoms with E-state index < -0.39 is 12.0 Å². The van der Waals surface area contributed by atoms with E-state index in [0.29, 0.717) is 13.0 Å². The number of carbonyl (C=O) groups excluding carboxylic acids is 1. The molecule has 1 rings (SSSR count). The molecule has 0 saturated carbocycles. The predicted molar refractivity (Wildman–Crippen MR) is 69.3 cm³/mol. The fourth-order valence-corrected chi connectivity index (χ4v) is 2.42. The number of amides is 1. The molecular formula is C13H24N2O3. The van der Waals surface area contributed by atoms with Crippen molar-refractivity contribution in [3.63, 3.8) is 0 Å². The number of hydrogen-bond acceptors (Lipinski definition) is 3. The highest BCUT2D eigenvalue weighted by atomic mass is 16.4. The second-order valence-electron chi connectivity index (χ2n) is 5.28. The number of rotatable bonds is 4. The zero-order valence-electron chi connectivity index (χ0n) is 11.5. The number of hydrogen-bond donors (Lipinski definition) is 2. The van der Waals surface area contributed by atoms with E-state index >= 15 is 0 Å². The molecule has 2 unspecified atom stereocenters. The van der Waals surface area contributed by atoms with Crippen molar-refractivity contribution < 1.29 is 14.7 Å². The molecule has 0 aromatic carbocycles. The molecule has 0 spiro atoms. The Hall–Kier alpha value is -1.10. The first-order valence-electron chi connectivity index (χ1n) is 6.72. The minimum absolute atomic E-state index is 0.0789. The van der Waals surface area contributed by atoms with Gasteiger partial charge in [-0.05, 0) is 40.2 Å². The van der Waals surface area contributed by atoms with Gasteiger partial charge < -0.3 is 10.4 Å². The molecular weight excluding hydrogens is 232 g/mol. The first kappa shape index (κ1) is 15.0. The van der Waals surface area contributed by atoms with Gasteiger partial charge >= 0.3 is 5.97 Å². The zero-order chi connectivity index (χ0) is 13.7. The van der Waals surface area contributed by atoms with Crippen LogP contribution in [0.1, 0.15) is 46.5 Å². The quantitative estimate of drug-likeness (QED) is 0.793. The summed E-state index contributed by atoms with van der Waals surface area (Å²) in [5.41, 5.74) is 0. The van der Waals surface area contributed by atoms with Crippen LogP contribution < -0.4 is 5.32 Å². The summed E-state index contributed by atoms with van der Waals surface area (Å²) in [6.07, 6.45) is 3.56. The van der Waals surface area contributed by atoms with E-state index in [4.69, 9.17) is 0 Å². The van der Waals surface area contributed by atoms with Crippen LogP contribution in [-0.2, 0) is 9.59 Å². The summed E-state index contributed by atoms with van der Waals surface area (Å²) in [5.74, 6) is -0.903. The molecule has 1 aliphatic rings. The van der Waals surface area contributed by atoms with E-state index in [1.807, 2.05) is 18.7 Å². The molecule has 1 heterocycles. The number of likely N-dealkylation sites (tertiary alicyclic amines) is 1. The highest BCUT2D eigenvalue weighted by Crippen LogP contribution is 2.19. The summed E-state index contributed by atoms with van der Waals surface area (Å²) in [7, 11) is 0. The van der Waals surface area contributed by atoms with E-state index in [9.17, 15) is 14.7 Å². The number of nitrogens with one attached hydrogen (secondary N) is 1. The maximum atomic E-state index is 12.0. The third-order valence-electron chi connectivity index (χ3n) is 3.39. The molecule has 104 valence electrons. The van der Waals surface area contributed by atoms with Crippen LogP contribution in [0.3, 0.4) is 0 Å². The Balaban J connectivity index is 2.74. The van der Waals surface area contributed by atoms with E-state index in [0.717, 1.165) is 19.3 Å². The van der Waals surface area contributed by atoms with Gasteiger partial charge in [0.15, 0.2) is 0 Å². The van der Waals surface area contributed by atoms with E-state index in [1.165, 1.54) is 0 Å². The van der Waals surface area contributed by atoms with Crippen LogP contribution in [0.2, 0.25) is 0 Å². The van der Waals surface area contributed by atoms with Crippen molar-refractivity contribution >= 4 is 11.9 Å². The van der Waals surface area contributed by atoms with Crippen LogP contribution in [0.4, 0.5) is 0 Å². The highest BCUT2D eigenvalue weighted by Gasteiger charge is 2.33. The van der Waals surface area contributed by atoms with Gasteiger partial charge in [0, 0.05) is 6.04 Å². The van der Waals surface area contributed by atoms with Gasteiger partial charge in [0.05, 0.1) is 6.04 Å². The van der Waals surface area contributed by atoms with Gasteiger partial charge in [0.2, 0.25) is 5.91 Å². The lowest BCUT2D eigenvalue weighted by Crippen LogP contribution is -2.53. The third-order valence-corrected chi connectivity index (χ3v) is 3.39. The van der Waals surface area contributed by atoms with Gasteiger partial charge in [-0.15, -0.1) is 0 Å². The van der Waals surface area contributed by atoms with Gasteiger partial charge in [0.25, 0.3) is 0 Å². The van der Waals surface area contributed by atoms with Crippen LogP contribution in [0.15, 0.2) is 0 Å².